The third-order valence-corrected chi connectivity index (χ3v) is 4.14. The molecule has 1 aliphatic heterocycles. The lowest BCUT2D eigenvalue weighted by Gasteiger charge is -2.30. The summed E-state index contributed by atoms with van der Waals surface area (Å²) in [5.41, 5.74) is 0.0340. The Balaban J connectivity index is 1.59. The first-order valence-corrected chi connectivity index (χ1v) is 7.78. The second-order valence-corrected chi connectivity index (χ2v) is 5.89. The highest BCUT2D eigenvalue weighted by Gasteiger charge is 2.22. The van der Waals surface area contributed by atoms with E-state index in [0.29, 0.717) is 17.3 Å². The highest BCUT2D eigenvalue weighted by Crippen LogP contribution is 2.19. The molecule has 2 aromatic rings. The van der Waals surface area contributed by atoms with Crippen molar-refractivity contribution in [2.45, 2.75) is 19.4 Å². The first-order valence-electron chi connectivity index (χ1n) is 7.78. The number of carbonyl (C=O) groups excluding carboxylic acids is 1. The Morgan fingerprint density at radius 2 is 2.22 bits per heavy atom. The van der Waals surface area contributed by atoms with Gasteiger partial charge in [-0.25, -0.2) is 4.79 Å². The maximum Gasteiger partial charge on any atom is 0.336 e. The minimum absolute atomic E-state index is 0.0637. The van der Waals surface area contributed by atoms with Crippen molar-refractivity contribution in [3.63, 3.8) is 0 Å². The maximum absolute atomic E-state index is 12.0. The van der Waals surface area contributed by atoms with Crippen LogP contribution in [0.1, 0.15) is 13.3 Å². The van der Waals surface area contributed by atoms with Crippen LogP contribution in [0, 0.1) is 5.92 Å². The minimum atomic E-state index is -0.411. The number of ether oxygens (including phenoxy) is 1. The average molecular weight is 316 g/mol. The van der Waals surface area contributed by atoms with Gasteiger partial charge in [0.25, 0.3) is 5.91 Å². The van der Waals surface area contributed by atoms with Gasteiger partial charge in [-0.2, -0.15) is 0 Å². The Morgan fingerprint density at radius 1 is 1.39 bits per heavy atom. The van der Waals surface area contributed by atoms with E-state index < -0.39 is 5.63 Å². The normalized spacial score (nSPS) is 21.1. The van der Waals surface area contributed by atoms with Gasteiger partial charge in [-0.15, -0.1) is 0 Å². The molecule has 1 aliphatic rings. The molecule has 1 aromatic carbocycles. The van der Waals surface area contributed by atoms with Crippen LogP contribution in [0.15, 0.2) is 39.5 Å². The van der Waals surface area contributed by atoms with E-state index in [1.807, 2.05) is 0 Å². The lowest BCUT2D eigenvalue weighted by atomic mass is 9.95. The number of fused-ring (bicyclic) bond motifs is 1. The molecule has 2 heterocycles. The Hall–Kier alpha value is -2.34. The molecule has 6 heteroatoms. The van der Waals surface area contributed by atoms with E-state index in [9.17, 15) is 9.59 Å². The third kappa shape index (κ3) is 3.90. The predicted molar refractivity (Wildman–Crippen MR) is 86.6 cm³/mol. The van der Waals surface area contributed by atoms with Crippen LogP contribution in [0.5, 0.6) is 5.75 Å². The molecule has 0 saturated carbocycles. The van der Waals surface area contributed by atoms with Crippen LogP contribution in [0.25, 0.3) is 11.0 Å². The van der Waals surface area contributed by atoms with Crippen LogP contribution < -0.4 is 21.0 Å². The summed E-state index contributed by atoms with van der Waals surface area (Å²) in [5.74, 6) is 0.798. The lowest BCUT2D eigenvalue weighted by molar-refractivity contribution is -0.124. The molecular weight excluding hydrogens is 296 g/mol. The number of piperidine rings is 1. The zero-order valence-electron chi connectivity index (χ0n) is 13.0. The highest BCUT2D eigenvalue weighted by molar-refractivity contribution is 5.79. The molecule has 1 fully saturated rings. The van der Waals surface area contributed by atoms with E-state index in [2.05, 4.69) is 17.6 Å². The van der Waals surface area contributed by atoms with Gasteiger partial charge in [0, 0.05) is 30.1 Å². The smallest absolute Gasteiger partial charge is 0.336 e. The molecule has 6 nitrogen and oxygen atoms in total. The van der Waals surface area contributed by atoms with E-state index in [4.69, 9.17) is 9.15 Å². The largest absolute Gasteiger partial charge is 0.484 e. The summed E-state index contributed by atoms with van der Waals surface area (Å²) in [4.78, 5) is 23.2. The molecule has 1 amide bonds. The Labute approximate surface area is 133 Å². The number of carbonyl (C=O) groups is 1. The first kappa shape index (κ1) is 15.6. The Bertz CT molecular complexity index is 756. The average Bonchev–Trinajstić information content (AvgIpc) is 2.54. The summed E-state index contributed by atoms with van der Waals surface area (Å²) in [6, 6.07) is 8.35. The summed E-state index contributed by atoms with van der Waals surface area (Å²) in [5, 5.41) is 7.07. The van der Waals surface area contributed by atoms with Crippen LogP contribution in [-0.2, 0) is 4.79 Å². The van der Waals surface area contributed by atoms with Gasteiger partial charge in [0.1, 0.15) is 11.3 Å². The van der Waals surface area contributed by atoms with Crippen LogP contribution in [0.4, 0.5) is 0 Å². The summed E-state index contributed by atoms with van der Waals surface area (Å²) in [6.45, 7) is 3.85. The van der Waals surface area contributed by atoms with Crippen molar-refractivity contribution in [2.75, 3.05) is 19.7 Å². The molecule has 3 rings (SSSR count). The molecule has 23 heavy (non-hydrogen) atoms. The van der Waals surface area contributed by atoms with Gasteiger partial charge in [0.15, 0.2) is 6.61 Å². The zero-order chi connectivity index (χ0) is 16.2. The Morgan fingerprint density at radius 3 is 3.04 bits per heavy atom. The molecule has 0 radical (unpaired) electrons. The van der Waals surface area contributed by atoms with Crippen molar-refractivity contribution in [1.29, 1.82) is 0 Å². The van der Waals surface area contributed by atoms with E-state index in [1.54, 1.807) is 24.3 Å². The van der Waals surface area contributed by atoms with Crippen molar-refractivity contribution >= 4 is 16.9 Å². The van der Waals surface area contributed by atoms with Crippen molar-refractivity contribution in [1.82, 2.24) is 10.6 Å². The molecule has 0 spiro atoms. The second-order valence-electron chi connectivity index (χ2n) is 5.89. The lowest BCUT2D eigenvalue weighted by Crippen LogP contribution is -2.51. The number of hydrogen-bond acceptors (Lipinski definition) is 5. The van der Waals surface area contributed by atoms with Gasteiger partial charge in [-0.3, -0.25) is 4.79 Å². The third-order valence-electron chi connectivity index (χ3n) is 4.14. The van der Waals surface area contributed by atoms with E-state index in [-0.39, 0.29) is 18.6 Å². The summed E-state index contributed by atoms with van der Waals surface area (Å²) >= 11 is 0. The monoisotopic (exact) mass is 316 g/mol. The maximum atomic E-state index is 12.0. The molecule has 1 aromatic heterocycles. The van der Waals surface area contributed by atoms with Gasteiger partial charge in [-0.1, -0.05) is 6.92 Å². The summed E-state index contributed by atoms with van der Waals surface area (Å²) < 4.78 is 10.6. The molecule has 2 N–H and O–H groups in total. The number of rotatable bonds is 4. The first-order chi connectivity index (χ1) is 11.1. The van der Waals surface area contributed by atoms with Crippen LogP contribution >= 0.6 is 0 Å². The fraction of sp³-hybridized carbons (Fsp3) is 0.412. The van der Waals surface area contributed by atoms with Crippen molar-refractivity contribution in [2.24, 2.45) is 5.92 Å². The number of nitrogens with one attached hydrogen (secondary N) is 2. The standard InChI is InChI=1S/C17H20N2O4/c1-11-6-7-18-9-14(11)19-16(20)10-22-13-4-2-12-3-5-17(21)23-15(12)8-13/h2-5,8,11,14,18H,6-7,9-10H2,1H3,(H,19,20). The van der Waals surface area contributed by atoms with E-state index in [0.717, 1.165) is 24.9 Å². The second kappa shape index (κ2) is 6.83. The fourth-order valence-electron chi connectivity index (χ4n) is 2.71. The van der Waals surface area contributed by atoms with Gasteiger partial charge < -0.3 is 19.8 Å². The topological polar surface area (TPSA) is 80.6 Å². The van der Waals surface area contributed by atoms with Crippen LogP contribution in [-0.4, -0.2) is 31.6 Å². The number of amides is 1. The predicted octanol–water partition coefficient (Wildman–Crippen LogP) is 1.29. The molecular formula is C17H20N2O4. The van der Waals surface area contributed by atoms with Gasteiger partial charge >= 0.3 is 5.63 Å². The summed E-state index contributed by atoms with van der Waals surface area (Å²) in [6.07, 6.45) is 1.05. The fourth-order valence-corrected chi connectivity index (χ4v) is 2.71. The molecule has 0 aliphatic carbocycles. The minimum Gasteiger partial charge on any atom is -0.484 e. The van der Waals surface area contributed by atoms with Gasteiger partial charge in [0.2, 0.25) is 0 Å². The van der Waals surface area contributed by atoms with E-state index in [1.165, 1.54) is 6.07 Å². The SMILES string of the molecule is CC1CCNCC1NC(=O)COc1ccc2ccc(=O)oc2c1. The van der Waals surface area contributed by atoms with E-state index >= 15 is 0 Å². The number of hydrogen-bond donors (Lipinski definition) is 2. The number of benzene rings is 1. The van der Waals surface area contributed by atoms with Crippen LogP contribution in [0.2, 0.25) is 0 Å². The Kier molecular flexibility index (Phi) is 4.62. The molecule has 122 valence electrons. The quantitative estimate of drug-likeness (QED) is 0.831. The molecule has 2 atom stereocenters. The zero-order valence-corrected chi connectivity index (χ0v) is 13.0. The summed E-state index contributed by atoms with van der Waals surface area (Å²) in [7, 11) is 0. The molecule has 1 saturated heterocycles. The van der Waals surface area contributed by atoms with Crippen molar-refractivity contribution < 1.29 is 13.9 Å². The van der Waals surface area contributed by atoms with Gasteiger partial charge in [-0.05, 0) is 37.1 Å². The van der Waals surface area contributed by atoms with Crippen molar-refractivity contribution in [3.05, 3.63) is 40.8 Å². The molecule has 2 unspecified atom stereocenters. The van der Waals surface area contributed by atoms with Crippen LogP contribution in [0.3, 0.4) is 0 Å². The molecule has 0 bridgehead atoms. The highest BCUT2D eigenvalue weighted by atomic mass is 16.5. The van der Waals surface area contributed by atoms with Crippen molar-refractivity contribution in [3.8, 4) is 5.75 Å². The van der Waals surface area contributed by atoms with Gasteiger partial charge in [0.05, 0.1) is 0 Å².